The van der Waals surface area contributed by atoms with Crippen molar-refractivity contribution in [3.8, 4) is 11.3 Å². The summed E-state index contributed by atoms with van der Waals surface area (Å²) in [4.78, 5) is 23.5. The van der Waals surface area contributed by atoms with Crippen LogP contribution in [-0.4, -0.2) is 46.2 Å². The van der Waals surface area contributed by atoms with Gasteiger partial charge >= 0.3 is 0 Å². The number of non-ortho nitro benzene ring substituents is 1. The van der Waals surface area contributed by atoms with Crippen molar-refractivity contribution in [3.63, 3.8) is 0 Å². The largest absolute Gasteiger partial charge is 0.349 e. The van der Waals surface area contributed by atoms with Crippen LogP contribution in [0.1, 0.15) is 18.4 Å². The third-order valence-electron chi connectivity index (χ3n) is 3.81. The van der Waals surface area contributed by atoms with Gasteiger partial charge in [0.05, 0.1) is 10.6 Å². The number of aryl methyl sites for hydroxylation is 1. The second kappa shape index (κ2) is 8.39. The van der Waals surface area contributed by atoms with Crippen LogP contribution in [0.15, 0.2) is 30.5 Å². The summed E-state index contributed by atoms with van der Waals surface area (Å²) in [5.41, 5.74) is 2.71. The Hall–Kier alpha value is -2.74. The summed E-state index contributed by atoms with van der Waals surface area (Å²) in [6, 6.07) is 6.38. The Labute approximate surface area is 146 Å². The van der Waals surface area contributed by atoms with Gasteiger partial charge in [-0.1, -0.05) is 0 Å². The van der Waals surface area contributed by atoms with E-state index in [1.165, 1.54) is 12.1 Å². The molecule has 0 unspecified atom stereocenters. The average molecular weight is 345 g/mol. The molecule has 1 N–H and O–H groups in total. The minimum atomic E-state index is -0.417. The van der Waals surface area contributed by atoms with E-state index in [-0.39, 0.29) is 11.6 Å². The van der Waals surface area contributed by atoms with E-state index >= 15 is 0 Å². The molecule has 0 atom stereocenters. The maximum Gasteiger partial charge on any atom is 0.269 e. The van der Waals surface area contributed by atoms with E-state index in [1.807, 2.05) is 13.2 Å². The first-order valence-electron chi connectivity index (χ1n) is 8.06. The molecule has 0 saturated heterocycles. The van der Waals surface area contributed by atoms with E-state index < -0.39 is 4.92 Å². The zero-order valence-electron chi connectivity index (χ0n) is 14.7. The van der Waals surface area contributed by atoms with Crippen LogP contribution in [0.25, 0.3) is 11.3 Å². The van der Waals surface area contributed by atoms with Gasteiger partial charge in [0.15, 0.2) is 0 Å². The van der Waals surface area contributed by atoms with E-state index in [9.17, 15) is 14.9 Å². The summed E-state index contributed by atoms with van der Waals surface area (Å²) in [7, 11) is 5.35. The number of nitro benzene ring substituents is 1. The van der Waals surface area contributed by atoms with Crippen molar-refractivity contribution in [1.29, 1.82) is 0 Å². The Morgan fingerprint density at radius 3 is 2.60 bits per heavy atom. The lowest BCUT2D eigenvalue weighted by Gasteiger charge is -2.10. The summed E-state index contributed by atoms with van der Waals surface area (Å²) in [5, 5.41) is 18.5. The third-order valence-corrected chi connectivity index (χ3v) is 3.81. The van der Waals surface area contributed by atoms with Gasteiger partial charge in [0.25, 0.3) is 5.69 Å². The lowest BCUT2D eigenvalue weighted by molar-refractivity contribution is -0.384. The molecular weight excluding hydrogens is 322 g/mol. The zero-order valence-corrected chi connectivity index (χ0v) is 14.7. The molecule has 0 spiro atoms. The van der Waals surface area contributed by atoms with Crippen LogP contribution in [0.4, 0.5) is 5.69 Å². The van der Waals surface area contributed by atoms with Crippen molar-refractivity contribution < 1.29 is 9.72 Å². The fourth-order valence-corrected chi connectivity index (χ4v) is 2.46. The number of benzene rings is 1. The van der Waals surface area contributed by atoms with Gasteiger partial charge in [0.2, 0.25) is 5.91 Å². The number of aromatic nitrogens is 2. The van der Waals surface area contributed by atoms with Gasteiger partial charge in [-0.05, 0) is 25.1 Å². The normalized spacial score (nSPS) is 10.7. The van der Waals surface area contributed by atoms with Crippen LogP contribution in [0.3, 0.4) is 0 Å². The molecule has 0 aliphatic rings. The molecule has 134 valence electrons. The van der Waals surface area contributed by atoms with Gasteiger partial charge in [0, 0.05) is 63.6 Å². The quantitative estimate of drug-likeness (QED) is 0.448. The number of hydrogen-bond donors (Lipinski definition) is 1. The highest BCUT2D eigenvalue weighted by Gasteiger charge is 2.12. The van der Waals surface area contributed by atoms with Crippen LogP contribution in [-0.2, 0) is 18.4 Å². The van der Waals surface area contributed by atoms with Crippen LogP contribution in [0, 0.1) is 10.1 Å². The number of nitrogens with one attached hydrogen (secondary N) is 1. The first-order chi connectivity index (χ1) is 11.9. The number of hydrogen-bond acceptors (Lipinski definition) is 5. The highest BCUT2D eigenvalue weighted by atomic mass is 16.6. The molecular formula is C17H23N5O3. The molecule has 25 heavy (non-hydrogen) atoms. The highest BCUT2D eigenvalue weighted by Crippen LogP contribution is 2.24. The smallest absolute Gasteiger partial charge is 0.269 e. The van der Waals surface area contributed by atoms with Crippen LogP contribution in [0.5, 0.6) is 0 Å². The molecule has 0 aliphatic carbocycles. The fraction of sp³-hybridized carbons (Fsp3) is 0.412. The second-order valence-corrected chi connectivity index (χ2v) is 6.05. The number of carbonyl (C=O) groups is 1. The van der Waals surface area contributed by atoms with E-state index in [2.05, 4.69) is 10.4 Å². The second-order valence-electron chi connectivity index (χ2n) is 6.05. The molecule has 1 aromatic heterocycles. The Bertz CT molecular complexity index is 737. The van der Waals surface area contributed by atoms with Crippen LogP contribution in [0.2, 0.25) is 0 Å². The molecule has 1 amide bonds. The molecule has 2 rings (SSSR count). The van der Waals surface area contributed by atoms with E-state index in [4.69, 9.17) is 0 Å². The first kappa shape index (κ1) is 18.6. The Kier molecular flexibility index (Phi) is 6.24. The summed E-state index contributed by atoms with van der Waals surface area (Å²) in [6.45, 7) is 1.35. The summed E-state index contributed by atoms with van der Waals surface area (Å²) in [6.07, 6.45) is 3.21. The lowest BCUT2D eigenvalue weighted by atomic mass is 10.1. The van der Waals surface area contributed by atoms with Crippen molar-refractivity contribution in [1.82, 2.24) is 20.0 Å². The van der Waals surface area contributed by atoms with Gasteiger partial charge in [-0.2, -0.15) is 5.10 Å². The van der Waals surface area contributed by atoms with Gasteiger partial charge in [0.1, 0.15) is 0 Å². The number of rotatable bonds is 8. The van der Waals surface area contributed by atoms with Gasteiger partial charge < -0.3 is 10.2 Å². The van der Waals surface area contributed by atoms with Crippen LogP contribution >= 0.6 is 0 Å². The Balaban J connectivity index is 1.96. The molecule has 8 heteroatoms. The van der Waals surface area contributed by atoms with Gasteiger partial charge in [-0.25, -0.2) is 0 Å². The van der Waals surface area contributed by atoms with Crippen molar-refractivity contribution in [2.75, 3.05) is 20.6 Å². The van der Waals surface area contributed by atoms with Crippen molar-refractivity contribution in [2.24, 2.45) is 7.05 Å². The first-order valence-corrected chi connectivity index (χ1v) is 8.06. The summed E-state index contributed by atoms with van der Waals surface area (Å²) in [5.74, 6) is 0.120. The molecule has 8 nitrogen and oxygen atoms in total. The molecule has 0 bridgehead atoms. The van der Waals surface area contributed by atoms with Gasteiger partial charge in [-0.15, -0.1) is 0 Å². The number of amides is 1. The highest BCUT2D eigenvalue weighted by molar-refractivity contribution is 5.75. The summed E-state index contributed by atoms with van der Waals surface area (Å²) >= 11 is 0. The fourth-order valence-electron chi connectivity index (χ4n) is 2.46. The number of nitrogens with zero attached hydrogens (tertiary/aromatic N) is 4. The maximum atomic E-state index is 11.5. The molecule has 0 aliphatic heterocycles. The van der Waals surface area contributed by atoms with E-state index in [0.29, 0.717) is 13.0 Å². The molecule has 0 fully saturated rings. The standard InChI is InChI=1S/C17H23N5O3/c1-20(2)16(23)5-4-10-18-11-14-12-21(3)19-17(14)13-6-8-15(9-7-13)22(24)25/h6-9,12,18H,4-5,10-11H2,1-3H3. The predicted octanol–water partition coefficient (Wildman–Crippen LogP) is 1.95. The van der Waals surface area contributed by atoms with Crippen molar-refractivity contribution >= 4 is 11.6 Å². The lowest BCUT2D eigenvalue weighted by Crippen LogP contribution is -2.23. The van der Waals surface area contributed by atoms with Crippen molar-refractivity contribution in [3.05, 3.63) is 46.1 Å². The molecule has 1 heterocycles. The van der Waals surface area contributed by atoms with Crippen molar-refractivity contribution in [2.45, 2.75) is 19.4 Å². The molecule has 0 radical (unpaired) electrons. The molecule has 1 aromatic carbocycles. The van der Waals surface area contributed by atoms with Gasteiger partial charge in [-0.3, -0.25) is 19.6 Å². The number of carbonyl (C=O) groups excluding carboxylic acids is 1. The topological polar surface area (TPSA) is 93.3 Å². The predicted molar refractivity (Wildman–Crippen MR) is 94.9 cm³/mol. The monoisotopic (exact) mass is 345 g/mol. The van der Waals surface area contributed by atoms with E-state index in [1.54, 1.807) is 35.8 Å². The van der Waals surface area contributed by atoms with E-state index in [0.717, 1.165) is 29.8 Å². The Morgan fingerprint density at radius 1 is 1.32 bits per heavy atom. The summed E-state index contributed by atoms with van der Waals surface area (Å²) < 4.78 is 1.73. The maximum absolute atomic E-state index is 11.5. The third kappa shape index (κ3) is 5.12. The zero-order chi connectivity index (χ0) is 18.4. The van der Waals surface area contributed by atoms with Crippen LogP contribution < -0.4 is 5.32 Å². The number of nitro groups is 1. The average Bonchev–Trinajstić information content (AvgIpc) is 2.95. The SMILES string of the molecule is CN(C)C(=O)CCCNCc1cn(C)nc1-c1ccc([N+](=O)[O-])cc1. The molecule has 2 aromatic rings. The minimum absolute atomic E-state index is 0.0601. The Morgan fingerprint density at radius 2 is 2.00 bits per heavy atom. The molecule has 0 saturated carbocycles. The minimum Gasteiger partial charge on any atom is -0.349 e.